The number of anilines is 1. The molecule has 0 spiro atoms. The molecule has 0 radical (unpaired) electrons. The van der Waals surface area contributed by atoms with Crippen molar-refractivity contribution in [1.29, 1.82) is 0 Å². The second-order valence-corrected chi connectivity index (χ2v) is 5.27. The molecule has 0 atom stereocenters. The Balaban J connectivity index is 2.44. The summed E-state index contributed by atoms with van der Waals surface area (Å²) in [4.78, 5) is 0. The number of nitrogens with one attached hydrogen (secondary N) is 1. The van der Waals surface area contributed by atoms with Crippen LogP contribution in [0.3, 0.4) is 0 Å². The first-order valence-electron chi connectivity index (χ1n) is 4.41. The van der Waals surface area contributed by atoms with Gasteiger partial charge in [-0.25, -0.2) is 0 Å². The molecule has 80 valence electrons. The predicted octanol–water partition coefficient (Wildman–Crippen LogP) is 4.18. The third kappa shape index (κ3) is 5.21. The van der Waals surface area contributed by atoms with Gasteiger partial charge >= 0.3 is 0 Å². The minimum Gasteiger partial charge on any atom is -0.341 e. The van der Waals surface area contributed by atoms with E-state index in [-0.39, 0.29) is 0 Å². The molecule has 4 heteroatoms. The van der Waals surface area contributed by atoms with Gasteiger partial charge in [0.05, 0.1) is 0 Å². The number of aryl methyl sites for hydroxylation is 1. The number of hydrogen-bond donors (Lipinski definition) is 1. The highest BCUT2D eigenvalue weighted by molar-refractivity contribution is 8.23. The SMILES string of the molecule is C=C(Cl)CSC(=S)Nc1ccc(C)cc1. The van der Waals surface area contributed by atoms with Gasteiger partial charge in [-0.3, -0.25) is 0 Å². The number of benzene rings is 1. The average Bonchev–Trinajstić information content (AvgIpc) is 2.19. The lowest BCUT2D eigenvalue weighted by Crippen LogP contribution is -2.05. The summed E-state index contributed by atoms with van der Waals surface area (Å²) >= 11 is 12.3. The first kappa shape index (κ1) is 12.6. The molecule has 15 heavy (non-hydrogen) atoms. The number of halogens is 1. The maximum atomic E-state index is 5.64. The highest BCUT2D eigenvalue weighted by Crippen LogP contribution is 2.15. The standard InChI is InChI=1S/C11H12ClNS2/c1-8-3-5-10(6-4-8)13-11(14)15-7-9(2)12/h3-6H,2,7H2,1H3,(H,13,14). The lowest BCUT2D eigenvalue weighted by Gasteiger charge is -2.06. The van der Waals surface area contributed by atoms with Gasteiger partial charge in [-0.05, 0) is 19.1 Å². The van der Waals surface area contributed by atoms with E-state index in [1.807, 2.05) is 31.2 Å². The summed E-state index contributed by atoms with van der Waals surface area (Å²) in [5, 5.41) is 3.72. The number of hydrogen-bond acceptors (Lipinski definition) is 2. The Kier molecular flexibility index (Phi) is 5.15. The van der Waals surface area contributed by atoms with E-state index in [1.54, 1.807) is 0 Å². The van der Waals surface area contributed by atoms with Gasteiger partial charge in [0.2, 0.25) is 0 Å². The topological polar surface area (TPSA) is 12.0 Å². The van der Waals surface area contributed by atoms with Gasteiger partial charge in [0, 0.05) is 16.5 Å². The van der Waals surface area contributed by atoms with Gasteiger partial charge in [-0.15, -0.1) is 0 Å². The predicted molar refractivity (Wildman–Crippen MR) is 74.9 cm³/mol. The summed E-state index contributed by atoms with van der Waals surface area (Å²) < 4.78 is 0.709. The molecule has 0 bridgehead atoms. The summed E-state index contributed by atoms with van der Waals surface area (Å²) in [6, 6.07) is 8.07. The second-order valence-electron chi connectivity index (χ2n) is 3.08. The van der Waals surface area contributed by atoms with Gasteiger partial charge < -0.3 is 5.32 Å². The van der Waals surface area contributed by atoms with Gasteiger partial charge in [0.25, 0.3) is 0 Å². The average molecular weight is 258 g/mol. The van der Waals surface area contributed by atoms with Crippen LogP contribution in [-0.4, -0.2) is 10.1 Å². The van der Waals surface area contributed by atoms with Crippen molar-refractivity contribution in [2.75, 3.05) is 11.1 Å². The van der Waals surface area contributed by atoms with Crippen LogP contribution in [-0.2, 0) is 0 Å². The Morgan fingerprint density at radius 1 is 1.47 bits per heavy atom. The molecule has 0 amide bonds. The lowest BCUT2D eigenvalue weighted by molar-refractivity contribution is 1.47. The molecule has 0 aliphatic rings. The first-order valence-corrected chi connectivity index (χ1v) is 6.19. The Labute approximate surface area is 105 Å². The van der Waals surface area contributed by atoms with Crippen LogP contribution in [0.4, 0.5) is 5.69 Å². The second kappa shape index (κ2) is 6.16. The van der Waals surface area contributed by atoms with Crippen molar-refractivity contribution in [3.63, 3.8) is 0 Å². The molecule has 0 aromatic heterocycles. The molecular weight excluding hydrogens is 246 g/mol. The van der Waals surface area contributed by atoms with E-state index >= 15 is 0 Å². The van der Waals surface area contributed by atoms with Crippen molar-refractivity contribution in [3.05, 3.63) is 41.4 Å². The van der Waals surface area contributed by atoms with Gasteiger partial charge in [0.1, 0.15) is 4.32 Å². The fraction of sp³-hybridized carbons (Fsp3) is 0.182. The van der Waals surface area contributed by atoms with Crippen LogP contribution >= 0.6 is 35.6 Å². The van der Waals surface area contributed by atoms with Crippen LogP contribution in [0, 0.1) is 6.92 Å². The van der Waals surface area contributed by atoms with Crippen LogP contribution in [0.15, 0.2) is 35.9 Å². The maximum absolute atomic E-state index is 5.64. The summed E-state index contributed by atoms with van der Waals surface area (Å²) in [5.74, 6) is 0.638. The smallest absolute Gasteiger partial charge is 0.138 e. The number of thiocarbonyl (C=S) groups is 1. The third-order valence-corrected chi connectivity index (χ3v) is 3.26. The van der Waals surface area contributed by atoms with E-state index in [2.05, 4.69) is 11.9 Å². The lowest BCUT2D eigenvalue weighted by atomic mass is 10.2. The molecule has 0 fully saturated rings. The zero-order valence-corrected chi connectivity index (χ0v) is 10.8. The van der Waals surface area contributed by atoms with E-state index in [1.165, 1.54) is 17.3 Å². The highest BCUT2D eigenvalue weighted by atomic mass is 35.5. The first-order chi connectivity index (χ1) is 7.08. The van der Waals surface area contributed by atoms with Crippen molar-refractivity contribution >= 4 is 45.6 Å². The van der Waals surface area contributed by atoms with E-state index < -0.39 is 0 Å². The summed E-state index contributed by atoms with van der Waals surface area (Å²) in [7, 11) is 0. The number of thioether (sulfide) groups is 1. The molecule has 1 nitrogen and oxygen atoms in total. The van der Waals surface area contributed by atoms with Gasteiger partial charge in [0.15, 0.2) is 0 Å². The van der Waals surface area contributed by atoms with E-state index in [0.717, 1.165) is 5.69 Å². The van der Waals surface area contributed by atoms with Crippen molar-refractivity contribution in [2.45, 2.75) is 6.92 Å². The fourth-order valence-corrected chi connectivity index (χ4v) is 1.87. The molecule has 0 unspecified atom stereocenters. The Morgan fingerprint density at radius 3 is 2.60 bits per heavy atom. The van der Waals surface area contributed by atoms with Crippen molar-refractivity contribution in [2.24, 2.45) is 0 Å². The monoisotopic (exact) mass is 257 g/mol. The summed E-state index contributed by atoms with van der Waals surface area (Å²) in [5.41, 5.74) is 2.23. The van der Waals surface area contributed by atoms with E-state index in [4.69, 9.17) is 23.8 Å². The number of rotatable bonds is 3. The molecule has 0 saturated heterocycles. The van der Waals surface area contributed by atoms with E-state index in [9.17, 15) is 0 Å². The third-order valence-electron chi connectivity index (χ3n) is 1.66. The zero-order chi connectivity index (χ0) is 11.3. The Bertz CT molecular complexity index is 359. The minimum atomic E-state index is 0.605. The van der Waals surface area contributed by atoms with Crippen LogP contribution in [0.2, 0.25) is 0 Å². The van der Waals surface area contributed by atoms with E-state index in [0.29, 0.717) is 15.1 Å². The Hall–Kier alpha value is -0.510. The van der Waals surface area contributed by atoms with Crippen molar-refractivity contribution in [1.82, 2.24) is 0 Å². The fourth-order valence-electron chi connectivity index (χ4n) is 0.935. The molecule has 1 aromatic carbocycles. The van der Waals surface area contributed by atoms with Gasteiger partial charge in [-0.2, -0.15) is 0 Å². The summed E-state index contributed by atoms with van der Waals surface area (Å²) in [6.07, 6.45) is 0. The normalized spacial score (nSPS) is 9.73. The quantitative estimate of drug-likeness (QED) is 0.816. The molecule has 1 rings (SSSR count). The van der Waals surface area contributed by atoms with Crippen molar-refractivity contribution < 1.29 is 0 Å². The Morgan fingerprint density at radius 2 is 2.07 bits per heavy atom. The molecule has 0 aliphatic carbocycles. The molecule has 0 aliphatic heterocycles. The van der Waals surface area contributed by atoms with Crippen LogP contribution < -0.4 is 5.32 Å². The van der Waals surface area contributed by atoms with Crippen molar-refractivity contribution in [3.8, 4) is 0 Å². The molecular formula is C11H12ClNS2. The zero-order valence-electron chi connectivity index (χ0n) is 8.42. The molecule has 0 saturated carbocycles. The molecule has 0 heterocycles. The molecule has 1 N–H and O–H groups in total. The van der Waals surface area contributed by atoms with Gasteiger partial charge in [-0.1, -0.05) is 59.9 Å². The highest BCUT2D eigenvalue weighted by Gasteiger charge is 1.99. The maximum Gasteiger partial charge on any atom is 0.138 e. The summed E-state index contributed by atoms with van der Waals surface area (Å²) in [6.45, 7) is 5.65. The van der Waals surface area contributed by atoms with Crippen LogP contribution in [0.5, 0.6) is 0 Å². The van der Waals surface area contributed by atoms with Crippen LogP contribution in [0.25, 0.3) is 0 Å². The largest absolute Gasteiger partial charge is 0.341 e. The molecule has 1 aromatic rings. The minimum absolute atomic E-state index is 0.605. The van der Waals surface area contributed by atoms with Crippen LogP contribution in [0.1, 0.15) is 5.56 Å².